The normalized spacial score (nSPS) is 11.1. The fourth-order valence-corrected chi connectivity index (χ4v) is 2.01. The molecule has 0 aliphatic heterocycles. The number of nitrogens with one attached hydrogen (secondary N) is 1. The third kappa shape index (κ3) is 3.00. The number of halogens is 1. The van der Waals surface area contributed by atoms with E-state index in [1.807, 2.05) is 12.2 Å². The predicted molar refractivity (Wildman–Crippen MR) is 81.0 cm³/mol. The molecule has 0 bridgehead atoms. The molecule has 2 N–H and O–H groups in total. The van der Waals surface area contributed by atoms with E-state index in [0.29, 0.717) is 17.0 Å². The third-order valence-corrected chi connectivity index (χ3v) is 3.10. The average molecular weight is 280 g/mol. The van der Waals surface area contributed by atoms with Gasteiger partial charge in [0.1, 0.15) is 11.6 Å². The molecule has 0 spiro atoms. The molecule has 4 heteroatoms. The lowest BCUT2D eigenvalue weighted by molar-refractivity contribution is 0.475. The molecule has 3 aromatic rings. The molecule has 0 aliphatic rings. The molecular formula is C17H13FN2O. The van der Waals surface area contributed by atoms with E-state index in [2.05, 4.69) is 10.2 Å². The molecule has 2 aromatic carbocycles. The minimum absolute atomic E-state index is 0.230. The zero-order chi connectivity index (χ0) is 14.7. The number of aromatic nitrogens is 2. The maximum absolute atomic E-state index is 13.7. The summed E-state index contributed by atoms with van der Waals surface area (Å²) in [5.41, 5.74) is 2.79. The number of benzene rings is 2. The number of hydrogen-bond donors (Lipinski definition) is 2. The average Bonchev–Trinajstić information content (AvgIpc) is 2.96. The number of H-pyrrole nitrogens is 1. The highest BCUT2D eigenvalue weighted by Crippen LogP contribution is 2.21. The second-order valence-electron chi connectivity index (χ2n) is 4.61. The van der Waals surface area contributed by atoms with Crippen LogP contribution in [-0.2, 0) is 0 Å². The SMILES string of the molecule is Oc1ccc(C=Cc2cc(-c3ccccc3F)[nH]n2)cc1. The molecular weight excluding hydrogens is 267 g/mol. The van der Waals surface area contributed by atoms with Gasteiger partial charge >= 0.3 is 0 Å². The van der Waals surface area contributed by atoms with Crippen molar-refractivity contribution < 1.29 is 9.50 Å². The summed E-state index contributed by atoms with van der Waals surface area (Å²) in [5.74, 6) is -0.0519. The fraction of sp³-hybridized carbons (Fsp3) is 0. The third-order valence-electron chi connectivity index (χ3n) is 3.10. The van der Waals surface area contributed by atoms with Gasteiger partial charge in [-0.2, -0.15) is 5.10 Å². The second kappa shape index (κ2) is 5.63. The van der Waals surface area contributed by atoms with Crippen LogP contribution in [0.1, 0.15) is 11.3 Å². The smallest absolute Gasteiger partial charge is 0.132 e. The maximum atomic E-state index is 13.7. The van der Waals surface area contributed by atoms with Crippen LogP contribution >= 0.6 is 0 Å². The van der Waals surface area contributed by atoms with Crippen molar-refractivity contribution in [1.82, 2.24) is 10.2 Å². The van der Waals surface area contributed by atoms with E-state index in [9.17, 15) is 9.50 Å². The van der Waals surface area contributed by atoms with Crippen molar-refractivity contribution >= 4 is 12.2 Å². The van der Waals surface area contributed by atoms with Crippen LogP contribution in [-0.4, -0.2) is 15.3 Å². The molecule has 0 atom stereocenters. The number of rotatable bonds is 3. The first kappa shape index (κ1) is 13.1. The summed E-state index contributed by atoms with van der Waals surface area (Å²) in [6.07, 6.45) is 3.70. The highest BCUT2D eigenvalue weighted by molar-refractivity contribution is 5.71. The Bertz CT molecular complexity index is 775. The predicted octanol–water partition coefficient (Wildman–Crippen LogP) is 4.09. The van der Waals surface area contributed by atoms with Gasteiger partial charge in [-0.05, 0) is 42.0 Å². The van der Waals surface area contributed by atoms with Gasteiger partial charge in [-0.1, -0.05) is 30.3 Å². The molecule has 21 heavy (non-hydrogen) atoms. The van der Waals surface area contributed by atoms with E-state index in [4.69, 9.17) is 0 Å². The quantitative estimate of drug-likeness (QED) is 0.759. The summed E-state index contributed by atoms with van der Waals surface area (Å²) in [6, 6.07) is 15.2. The Balaban J connectivity index is 1.82. The van der Waals surface area contributed by atoms with Crippen LogP contribution in [0.25, 0.3) is 23.4 Å². The molecule has 0 aliphatic carbocycles. The number of nitrogens with zero attached hydrogens (tertiary/aromatic N) is 1. The Morgan fingerprint density at radius 1 is 1.00 bits per heavy atom. The highest BCUT2D eigenvalue weighted by Gasteiger charge is 2.06. The molecule has 0 saturated carbocycles. The molecule has 3 rings (SSSR count). The monoisotopic (exact) mass is 280 g/mol. The molecule has 1 heterocycles. The lowest BCUT2D eigenvalue weighted by atomic mass is 10.1. The molecule has 0 amide bonds. The van der Waals surface area contributed by atoms with Gasteiger partial charge in [0, 0.05) is 5.56 Å². The summed E-state index contributed by atoms with van der Waals surface area (Å²) in [6.45, 7) is 0. The number of phenolic OH excluding ortho intramolecular Hbond substituents is 1. The fourth-order valence-electron chi connectivity index (χ4n) is 2.01. The van der Waals surface area contributed by atoms with Crippen molar-refractivity contribution in [2.75, 3.05) is 0 Å². The van der Waals surface area contributed by atoms with Crippen LogP contribution < -0.4 is 0 Å². The van der Waals surface area contributed by atoms with Crippen LogP contribution in [0.2, 0.25) is 0 Å². The summed E-state index contributed by atoms with van der Waals surface area (Å²) in [7, 11) is 0. The second-order valence-corrected chi connectivity index (χ2v) is 4.61. The summed E-state index contributed by atoms with van der Waals surface area (Å²) < 4.78 is 13.7. The van der Waals surface area contributed by atoms with Crippen molar-refractivity contribution in [3.8, 4) is 17.0 Å². The molecule has 1 aromatic heterocycles. The summed E-state index contributed by atoms with van der Waals surface area (Å²) in [5, 5.41) is 16.2. The van der Waals surface area contributed by atoms with E-state index >= 15 is 0 Å². The molecule has 3 nitrogen and oxygen atoms in total. The van der Waals surface area contributed by atoms with Crippen LogP contribution in [0.3, 0.4) is 0 Å². The Morgan fingerprint density at radius 2 is 1.76 bits per heavy atom. The van der Waals surface area contributed by atoms with Gasteiger partial charge in [-0.15, -0.1) is 0 Å². The Morgan fingerprint density at radius 3 is 2.52 bits per heavy atom. The van der Waals surface area contributed by atoms with Gasteiger partial charge < -0.3 is 5.11 Å². The van der Waals surface area contributed by atoms with Crippen molar-refractivity contribution in [2.24, 2.45) is 0 Å². The number of hydrogen-bond acceptors (Lipinski definition) is 2. The lowest BCUT2D eigenvalue weighted by Gasteiger charge is -1.97. The summed E-state index contributed by atoms with van der Waals surface area (Å²) >= 11 is 0. The van der Waals surface area contributed by atoms with Gasteiger partial charge in [-0.3, -0.25) is 5.10 Å². The number of aromatic hydroxyl groups is 1. The Hall–Kier alpha value is -2.88. The number of aromatic amines is 1. The lowest BCUT2D eigenvalue weighted by Crippen LogP contribution is -1.82. The van der Waals surface area contributed by atoms with E-state index in [-0.39, 0.29) is 11.6 Å². The van der Waals surface area contributed by atoms with Gasteiger partial charge in [0.2, 0.25) is 0 Å². The molecule has 0 saturated heterocycles. The maximum Gasteiger partial charge on any atom is 0.132 e. The first-order valence-corrected chi connectivity index (χ1v) is 6.50. The van der Waals surface area contributed by atoms with Crippen LogP contribution in [0.5, 0.6) is 5.75 Å². The first-order chi connectivity index (χ1) is 10.2. The molecule has 0 fully saturated rings. The van der Waals surface area contributed by atoms with E-state index in [1.54, 1.807) is 48.5 Å². The van der Waals surface area contributed by atoms with Gasteiger partial charge in [0.25, 0.3) is 0 Å². The van der Waals surface area contributed by atoms with Crippen molar-refractivity contribution in [3.63, 3.8) is 0 Å². The molecule has 104 valence electrons. The van der Waals surface area contributed by atoms with Gasteiger partial charge in [0.15, 0.2) is 0 Å². The van der Waals surface area contributed by atoms with E-state index in [0.717, 1.165) is 5.56 Å². The largest absolute Gasteiger partial charge is 0.508 e. The Labute approximate surface area is 121 Å². The zero-order valence-electron chi connectivity index (χ0n) is 11.1. The first-order valence-electron chi connectivity index (χ1n) is 6.50. The minimum Gasteiger partial charge on any atom is -0.508 e. The molecule has 0 unspecified atom stereocenters. The standard InChI is InChI=1S/C17H13FN2O/c18-16-4-2-1-3-15(16)17-11-13(19-20-17)8-5-12-6-9-14(21)10-7-12/h1-11,21H,(H,19,20). The van der Waals surface area contributed by atoms with E-state index in [1.165, 1.54) is 6.07 Å². The molecule has 0 radical (unpaired) electrons. The van der Waals surface area contributed by atoms with Crippen molar-refractivity contribution in [2.45, 2.75) is 0 Å². The number of phenols is 1. The van der Waals surface area contributed by atoms with Crippen LogP contribution in [0.15, 0.2) is 54.6 Å². The summed E-state index contributed by atoms with van der Waals surface area (Å²) in [4.78, 5) is 0. The van der Waals surface area contributed by atoms with Crippen molar-refractivity contribution in [3.05, 3.63) is 71.7 Å². The van der Waals surface area contributed by atoms with Gasteiger partial charge in [-0.25, -0.2) is 4.39 Å². The van der Waals surface area contributed by atoms with E-state index < -0.39 is 0 Å². The zero-order valence-corrected chi connectivity index (χ0v) is 11.1. The minimum atomic E-state index is -0.282. The van der Waals surface area contributed by atoms with Crippen LogP contribution in [0.4, 0.5) is 4.39 Å². The highest BCUT2D eigenvalue weighted by atomic mass is 19.1. The Kier molecular flexibility index (Phi) is 3.51. The van der Waals surface area contributed by atoms with Gasteiger partial charge in [0.05, 0.1) is 11.4 Å². The topological polar surface area (TPSA) is 48.9 Å². The van der Waals surface area contributed by atoms with Crippen LogP contribution in [0, 0.1) is 5.82 Å². The van der Waals surface area contributed by atoms with Crippen molar-refractivity contribution in [1.29, 1.82) is 0 Å².